The topological polar surface area (TPSA) is 72.4 Å². The molecular formula is C22H20N4O. The first-order chi connectivity index (χ1) is 13.2. The molecule has 0 unspecified atom stereocenters. The number of aryl methyl sites for hydroxylation is 1. The summed E-state index contributed by atoms with van der Waals surface area (Å²) in [5, 5.41) is 6.49. The molecule has 3 aromatic carbocycles. The Bertz CT molecular complexity index is 1160. The molecule has 0 saturated heterocycles. The second-order valence-electron chi connectivity index (χ2n) is 6.36. The number of nitrogens with zero attached hydrogens (tertiary/aromatic N) is 2. The molecule has 5 heteroatoms. The van der Waals surface area contributed by atoms with Crippen LogP contribution in [0, 0.1) is 0 Å². The SMILES string of the molecule is CCn1c2ccccc2c2cc(/C=N/NC(=O)c3ccc(N)cc3)ccc21. The van der Waals surface area contributed by atoms with Gasteiger partial charge in [-0.05, 0) is 55.0 Å². The first-order valence-electron chi connectivity index (χ1n) is 8.87. The van der Waals surface area contributed by atoms with Crippen LogP contribution < -0.4 is 11.2 Å². The fourth-order valence-corrected chi connectivity index (χ4v) is 3.36. The Labute approximate surface area is 157 Å². The molecule has 0 fully saturated rings. The van der Waals surface area contributed by atoms with Crippen molar-refractivity contribution in [3.8, 4) is 0 Å². The monoisotopic (exact) mass is 356 g/mol. The van der Waals surface area contributed by atoms with Gasteiger partial charge < -0.3 is 10.3 Å². The zero-order valence-corrected chi connectivity index (χ0v) is 15.0. The summed E-state index contributed by atoms with van der Waals surface area (Å²) in [6.07, 6.45) is 1.66. The van der Waals surface area contributed by atoms with Gasteiger partial charge in [-0.15, -0.1) is 0 Å². The highest BCUT2D eigenvalue weighted by Crippen LogP contribution is 2.29. The first-order valence-corrected chi connectivity index (χ1v) is 8.87. The molecule has 3 N–H and O–H groups in total. The van der Waals surface area contributed by atoms with Crippen LogP contribution >= 0.6 is 0 Å². The number of hydrazone groups is 1. The lowest BCUT2D eigenvalue weighted by atomic mass is 10.1. The number of nitrogens with two attached hydrogens (primary N) is 1. The number of hydrogen-bond donors (Lipinski definition) is 2. The zero-order chi connectivity index (χ0) is 18.8. The van der Waals surface area contributed by atoms with E-state index < -0.39 is 0 Å². The van der Waals surface area contributed by atoms with E-state index in [9.17, 15) is 4.79 Å². The molecule has 134 valence electrons. The second kappa shape index (κ2) is 6.96. The van der Waals surface area contributed by atoms with E-state index in [1.807, 2.05) is 6.07 Å². The van der Waals surface area contributed by atoms with Gasteiger partial charge in [0.15, 0.2) is 0 Å². The van der Waals surface area contributed by atoms with E-state index >= 15 is 0 Å². The van der Waals surface area contributed by atoms with E-state index in [2.05, 4.69) is 58.4 Å². The van der Waals surface area contributed by atoms with Crippen LogP contribution in [0.25, 0.3) is 21.8 Å². The van der Waals surface area contributed by atoms with Gasteiger partial charge in [0.1, 0.15) is 0 Å². The molecule has 5 nitrogen and oxygen atoms in total. The third kappa shape index (κ3) is 3.15. The number of hydrogen-bond acceptors (Lipinski definition) is 3. The molecule has 4 rings (SSSR count). The van der Waals surface area contributed by atoms with Crippen molar-refractivity contribution < 1.29 is 4.79 Å². The number of para-hydroxylation sites is 1. The van der Waals surface area contributed by atoms with E-state index in [-0.39, 0.29) is 5.91 Å². The molecular weight excluding hydrogens is 336 g/mol. The maximum atomic E-state index is 12.1. The Morgan fingerprint density at radius 2 is 1.78 bits per heavy atom. The van der Waals surface area contributed by atoms with Gasteiger partial charge in [0, 0.05) is 39.6 Å². The lowest BCUT2D eigenvalue weighted by Gasteiger charge is -2.03. The summed E-state index contributed by atoms with van der Waals surface area (Å²) in [7, 11) is 0. The Hall–Kier alpha value is -3.60. The number of fused-ring (bicyclic) bond motifs is 3. The molecule has 0 radical (unpaired) electrons. The summed E-state index contributed by atoms with van der Waals surface area (Å²) in [4.78, 5) is 12.1. The fourth-order valence-electron chi connectivity index (χ4n) is 3.36. The molecule has 1 amide bonds. The average molecular weight is 356 g/mol. The van der Waals surface area contributed by atoms with Crippen LogP contribution in [-0.2, 0) is 6.54 Å². The molecule has 0 atom stereocenters. The van der Waals surface area contributed by atoms with E-state index in [0.717, 1.165) is 12.1 Å². The largest absolute Gasteiger partial charge is 0.399 e. The van der Waals surface area contributed by atoms with Crippen molar-refractivity contribution in [2.75, 3.05) is 5.73 Å². The van der Waals surface area contributed by atoms with Crippen molar-refractivity contribution in [1.29, 1.82) is 0 Å². The predicted octanol–water partition coefficient (Wildman–Crippen LogP) is 4.16. The normalized spacial score (nSPS) is 11.4. The average Bonchev–Trinajstić information content (AvgIpc) is 3.01. The van der Waals surface area contributed by atoms with Crippen LogP contribution in [0.2, 0.25) is 0 Å². The summed E-state index contributed by atoms with van der Waals surface area (Å²) in [6.45, 7) is 3.06. The quantitative estimate of drug-likeness (QED) is 0.327. The van der Waals surface area contributed by atoms with Crippen LogP contribution in [0.4, 0.5) is 5.69 Å². The van der Waals surface area contributed by atoms with Crippen molar-refractivity contribution in [3.63, 3.8) is 0 Å². The second-order valence-corrected chi connectivity index (χ2v) is 6.36. The smallest absolute Gasteiger partial charge is 0.271 e. The summed E-state index contributed by atoms with van der Waals surface area (Å²) in [6, 6.07) is 21.3. The van der Waals surface area contributed by atoms with E-state index in [4.69, 9.17) is 5.73 Å². The van der Waals surface area contributed by atoms with Gasteiger partial charge in [-0.3, -0.25) is 4.79 Å². The van der Waals surface area contributed by atoms with Gasteiger partial charge in [-0.1, -0.05) is 24.3 Å². The Morgan fingerprint density at radius 3 is 2.56 bits per heavy atom. The number of aromatic nitrogens is 1. The Kier molecular flexibility index (Phi) is 4.34. The molecule has 0 bridgehead atoms. The highest BCUT2D eigenvalue weighted by Gasteiger charge is 2.09. The minimum atomic E-state index is -0.269. The van der Waals surface area contributed by atoms with Gasteiger partial charge in [0.25, 0.3) is 5.91 Å². The number of carbonyl (C=O) groups is 1. The minimum absolute atomic E-state index is 0.269. The van der Waals surface area contributed by atoms with Crippen molar-refractivity contribution in [3.05, 3.63) is 77.9 Å². The molecule has 4 aromatic rings. The number of nitrogen functional groups attached to an aromatic ring is 1. The van der Waals surface area contributed by atoms with Crippen molar-refractivity contribution >= 4 is 39.6 Å². The van der Waals surface area contributed by atoms with Gasteiger partial charge >= 0.3 is 0 Å². The molecule has 0 aliphatic rings. The van der Waals surface area contributed by atoms with Crippen LogP contribution in [-0.4, -0.2) is 16.7 Å². The van der Waals surface area contributed by atoms with E-state index in [1.54, 1.807) is 30.5 Å². The number of amides is 1. The highest BCUT2D eigenvalue weighted by atomic mass is 16.2. The molecule has 1 aromatic heterocycles. The standard InChI is InChI=1S/C22H20N4O/c1-2-26-20-6-4-3-5-18(20)19-13-15(7-12-21(19)26)14-24-25-22(27)16-8-10-17(23)11-9-16/h3-14H,2,23H2,1H3,(H,25,27)/b24-14+. The highest BCUT2D eigenvalue weighted by molar-refractivity contribution is 6.09. The predicted molar refractivity (Wildman–Crippen MR) is 111 cm³/mol. The molecule has 1 heterocycles. The maximum absolute atomic E-state index is 12.1. The van der Waals surface area contributed by atoms with Crippen LogP contribution in [0.15, 0.2) is 71.8 Å². The summed E-state index contributed by atoms with van der Waals surface area (Å²) in [5.41, 5.74) is 12.7. The summed E-state index contributed by atoms with van der Waals surface area (Å²) < 4.78 is 2.30. The van der Waals surface area contributed by atoms with Crippen molar-refractivity contribution in [1.82, 2.24) is 9.99 Å². The molecule has 0 aliphatic heterocycles. The summed E-state index contributed by atoms with van der Waals surface area (Å²) in [5.74, 6) is -0.269. The minimum Gasteiger partial charge on any atom is -0.399 e. The lowest BCUT2D eigenvalue weighted by molar-refractivity contribution is 0.0955. The Morgan fingerprint density at radius 1 is 1.04 bits per heavy atom. The zero-order valence-electron chi connectivity index (χ0n) is 15.0. The fraction of sp³-hybridized carbons (Fsp3) is 0.0909. The van der Waals surface area contributed by atoms with E-state index in [0.29, 0.717) is 11.3 Å². The molecule has 0 aliphatic carbocycles. The van der Waals surface area contributed by atoms with Gasteiger partial charge in [-0.25, -0.2) is 5.43 Å². The molecule has 0 spiro atoms. The molecule has 0 saturated carbocycles. The summed E-state index contributed by atoms with van der Waals surface area (Å²) >= 11 is 0. The van der Waals surface area contributed by atoms with Gasteiger partial charge in [0.2, 0.25) is 0 Å². The third-order valence-corrected chi connectivity index (χ3v) is 4.67. The third-order valence-electron chi connectivity index (χ3n) is 4.67. The Balaban J connectivity index is 1.61. The first kappa shape index (κ1) is 16.8. The van der Waals surface area contributed by atoms with E-state index in [1.165, 1.54) is 21.8 Å². The number of carbonyl (C=O) groups excluding carboxylic acids is 1. The van der Waals surface area contributed by atoms with Crippen LogP contribution in [0.3, 0.4) is 0 Å². The molecule has 27 heavy (non-hydrogen) atoms. The lowest BCUT2D eigenvalue weighted by Crippen LogP contribution is -2.17. The maximum Gasteiger partial charge on any atom is 0.271 e. The van der Waals surface area contributed by atoms with Crippen LogP contribution in [0.1, 0.15) is 22.8 Å². The van der Waals surface area contributed by atoms with Gasteiger partial charge in [-0.2, -0.15) is 5.10 Å². The van der Waals surface area contributed by atoms with Gasteiger partial charge in [0.05, 0.1) is 6.21 Å². The number of rotatable bonds is 4. The van der Waals surface area contributed by atoms with Crippen LogP contribution in [0.5, 0.6) is 0 Å². The van der Waals surface area contributed by atoms with Crippen molar-refractivity contribution in [2.24, 2.45) is 5.10 Å². The number of benzene rings is 3. The number of nitrogens with one attached hydrogen (secondary N) is 1. The number of anilines is 1. The van der Waals surface area contributed by atoms with Crippen molar-refractivity contribution in [2.45, 2.75) is 13.5 Å².